The van der Waals surface area contributed by atoms with Crippen molar-refractivity contribution < 1.29 is 18.0 Å². The normalized spacial score (nSPS) is 12.5. The smallest absolute Gasteiger partial charge is 0.350 e. The second-order valence-corrected chi connectivity index (χ2v) is 7.95. The van der Waals surface area contributed by atoms with Crippen molar-refractivity contribution in [3.63, 3.8) is 0 Å². The zero-order chi connectivity index (χ0) is 25.2. The molecule has 180 valence electrons. The number of hydrogen-bond acceptors (Lipinski definition) is 3. The first-order valence-electron chi connectivity index (χ1n) is 10.9. The van der Waals surface area contributed by atoms with Crippen LogP contribution in [-0.2, 0) is 24.1 Å². The fourth-order valence-electron chi connectivity index (χ4n) is 4.05. The lowest BCUT2D eigenvalue weighted by Crippen LogP contribution is -2.45. The van der Waals surface area contributed by atoms with Crippen LogP contribution in [0.3, 0.4) is 0 Å². The molecule has 9 heteroatoms. The summed E-state index contributed by atoms with van der Waals surface area (Å²) >= 11 is 0. The summed E-state index contributed by atoms with van der Waals surface area (Å²) in [7, 11) is 0. The van der Waals surface area contributed by atoms with Crippen LogP contribution in [0.15, 0.2) is 88.5 Å². The molecule has 0 aliphatic heterocycles. The minimum Gasteiger partial charge on any atom is -0.350 e. The summed E-state index contributed by atoms with van der Waals surface area (Å²) in [5, 5.41) is 2.94. The third-order valence-corrected chi connectivity index (χ3v) is 5.74. The number of hydrogen-bond donors (Lipinski definition) is 1. The van der Waals surface area contributed by atoms with Crippen LogP contribution in [0.5, 0.6) is 0 Å². The van der Waals surface area contributed by atoms with E-state index in [1.54, 1.807) is 61.5 Å². The van der Waals surface area contributed by atoms with E-state index in [0.29, 0.717) is 5.56 Å². The van der Waals surface area contributed by atoms with Gasteiger partial charge in [-0.1, -0.05) is 54.6 Å². The van der Waals surface area contributed by atoms with Crippen LogP contribution in [0.4, 0.5) is 13.2 Å². The Morgan fingerprint density at radius 2 is 1.63 bits per heavy atom. The highest BCUT2D eigenvalue weighted by Gasteiger charge is 2.31. The highest BCUT2D eigenvalue weighted by atomic mass is 19.4. The molecule has 1 N–H and O–H groups in total. The minimum atomic E-state index is -4.51. The average molecular weight is 481 g/mol. The molecule has 0 aliphatic carbocycles. The third-order valence-electron chi connectivity index (χ3n) is 5.74. The highest BCUT2D eigenvalue weighted by molar-refractivity contribution is 5.87. The largest absolute Gasteiger partial charge is 0.416 e. The molecule has 1 amide bonds. The summed E-state index contributed by atoms with van der Waals surface area (Å²) < 4.78 is 41.6. The van der Waals surface area contributed by atoms with E-state index in [9.17, 15) is 27.6 Å². The predicted octanol–water partition coefficient (Wildman–Crippen LogP) is 4.11. The second kappa shape index (κ2) is 9.61. The topological polar surface area (TPSA) is 73.1 Å². The van der Waals surface area contributed by atoms with Gasteiger partial charge in [0.1, 0.15) is 6.04 Å². The van der Waals surface area contributed by atoms with E-state index < -0.39 is 34.9 Å². The van der Waals surface area contributed by atoms with E-state index in [-0.39, 0.29) is 29.6 Å². The van der Waals surface area contributed by atoms with Gasteiger partial charge in [0.2, 0.25) is 5.91 Å². The number of amides is 1. The molecule has 1 aromatic heterocycles. The molecule has 4 aromatic rings. The number of carbonyl (C=O) groups excluding carboxylic acids is 1. The van der Waals surface area contributed by atoms with Crippen molar-refractivity contribution in [2.45, 2.75) is 32.2 Å². The van der Waals surface area contributed by atoms with Gasteiger partial charge >= 0.3 is 11.9 Å². The number of alkyl halides is 3. The molecule has 1 heterocycles. The first kappa shape index (κ1) is 24.0. The summed E-state index contributed by atoms with van der Waals surface area (Å²) in [5.41, 5.74) is -0.894. The van der Waals surface area contributed by atoms with Gasteiger partial charge in [-0.2, -0.15) is 13.2 Å². The number of benzene rings is 3. The van der Waals surface area contributed by atoms with Crippen molar-refractivity contribution in [3.05, 3.63) is 116 Å². The van der Waals surface area contributed by atoms with Crippen LogP contribution < -0.4 is 16.6 Å². The lowest BCUT2D eigenvalue weighted by molar-refractivity contribution is -0.137. The molecule has 1 atom stereocenters. The lowest BCUT2D eigenvalue weighted by atomic mass is 10.0. The van der Waals surface area contributed by atoms with Crippen molar-refractivity contribution in [1.82, 2.24) is 14.5 Å². The Hall–Kier alpha value is -4.14. The van der Waals surface area contributed by atoms with Gasteiger partial charge in [-0.25, -0.2) is 4.79 Å². The maximum absolute atomic E-state index is 13.5. The number of para-hydroxylation sites is 1. The Bertz CT molecular complexity index is 1490. The van der Waals surface area contributed by atoms with Gasteiger partial charge in [0.15, 0.2) is 0 Å². The summed E-state index contributed by atoms with van der Waals surface area (Å²) in [5.74, 6) is -0.595. The summed E-state index contributed by atoms with van der Waals surface area (Å²) in [6.07, 6.45) is -4.51. The fraction of sp³-hybridized carbons (Fsp3) is 0.192. The molecule has 0 spiro atoms. The molecule has 0 saturated heterocycles. The third kappa shape index (κ3) is 4.75. The molecule has 4 rings (SSSR count). The van der Waals surface area contributed by atoms with E-state index in [4.69, 9.17) is 0 Å². The Labute approximate surface area is 198 Å². The Morgan fingerprint density at radius 3 is 2.31 bits per heavy atom. The predicted molar refractivity (Wildman–Crippen MR) is 126 cm³/mol. The maximum Gasteiger partial charge on any atom is 0.416 e. The van der Waals surface area contributed by atoms with E-state index in [1.807, 2.05) is 0 Å². The Kier molecular flexibility index (Phi) is 6.59. The summed E-state index contributed by atoms with van der Waals surface area (Å²) in [6.45, 7) is 1.59. The molecule has 0 fully saturated rings. The SMILES string of the molecule is CCn1c(=O)c2ccccc2n(C(C(=O)NCc2cccc(C(F)(F)F)c2)c2ccccc2)c1=O. The van der Waals surface area contributed by atoms with Gasteiger partial charge < -0.3 is 5.32 Å². The van der Waals surface area contributed by atoms with Crippen LogP contribution in [0, 0.1) is 0 Å². The fourth-order valence-corrected chi connectivity index (χ4v) is 4.05. The molecular formula is C26H22F3N3O3. The first-order chi connectivity index (χ1) is 16.7. The van der Waals surface area contributed by atoms with Crippen molar-refractivity contribution in [2.75, 3.05) is 0 Å². The van der Waals surface area contributed by atoms with Gasteiger partial charge in [-0.05, 0) is 42.3 Å². The first-order valence-corrected chi connectivity index (χ1v) is 10.9. The molecule has 35 heavy (non-hydrogen) atoms. The van der Waals surface area contributed by atoms with Crippen molar-refractivity contribution in [1.29, 1.82) is 0 Å². The summed E-state index contributed by atoms with van der Waals surface area (Å²) in [4.78, 5) is 39.7. The van der Waals surface area contributed by atoms with Crippen LogP contribution in [-0.4, -0.2) is 15.0 Å². The number of carbonyl (C=O) groups is 1. The number of aromatic nitrogens is 2. The monoisotopic (exact) mass is 481 g/mol. The maximum atomic E-state index is 13.5. The quantitative estimate of drug-likeness (QED) is 0.451. The zero-order valence-corrected chi connectivity index (χ0v) is 18.8. The van der Waals surface area contributed by atoms with Crippen LogP contribution in [0.25, 0.3) is 10.9 Å². The van der Waals surface area contributed by atoms with Gasteiger partial charge in [0.05, 0.1) is 16.5 Å². The van der Waals surface area contributed by atoms with Gasteiger partial charge in [0, 0.05) is 13.1 Å². The van der Waals surface area contributed by atoms with Gasteiger partial charge in [0.25, 0.3) is 5.56 Å². The minimum absolute atomic E-state index is 0.107. The molecule has 1 unspecified atom stereocenters. The molecule has 0 saturated carbocycles. The zero-order valence-electron chi connectivity index (χ0n) is 18.8. The Morgan fingerprint density at radius 1 is 0.943 bits per heavy atom. The number of nitrogens with one attached hydrogen (secondary N) is 1. The molecule has 0 aliphatic rings. The standard InChI is InChI=1S/C26H22F3N3O3/c1-2-31-24(34)20-13-6-7-14-21(20)32(25(31)35)22(18-10-4-3-5-11-18)23(33)30-16-17-9-8-12-19(15-17)26(27,28)29/h3-15,22H,2,16H2,1H3,(H,30,33). The van der Waals surface area contributed by atoms with Crippen molar-refractivity contribution in [3.8, 4) is 0 Å². The van der Waals surface area contributed by atoms with E-state index >= 15 is 0 Å². The summed E-state index contributed by atoms with van der Waals surface area (Å²) in [6, 6.07) is 18.6. The average Bonchev–Trinajstić information content (AvgIpc) is 2.85. The van der Waals surface area contributed by atoms with E-state index in [0.717, 1.165) is 16.7 Å². The van der Waals surface area contributed by atoms with Crippen molar-refractivity contribution >= 4 is 16.8 Å². The molecule has 0 bridgehead atoms. The van der Waals surface area contributed by atoms with Crippen LogP contribution in [0.1, 0.15) is 29.7 Å². The number of halogens is 3. The molecule has 0 radical (unpaired) electrons. The van der Waals surface area contributed by atoms with Crippen molar-refractivity contribution in [2.24, 2.45) is 0 Å². The Balaban J connectivity index is 1.81. The van der Waals surface area contributed by atoms with E-state index in [2.05, 4.69) is 5.32 Å². The second-order valence-electron chi connectivity index (χ2n) is 7.95. The molecular weight excluding hydrogens is 459 g/mol. The molecule has 3 aromatic carbocycles. The number of fused-ring (bicyclic) bond motifs is 1. The molecule has 6 nitrogen and oxygen atoms in total. The number of nitrogens with zero attached hydrogens (tertiary/aromatic N) is 2. The lowest BCUT2D eigenvalue weighted by Gasteiger charge is -2.23. The van der Waals surface area contributed by atoms with Gasteiger partial charge in [-0.15, -0.1) is 0 Å². The highest BCUT2D eigenvalue weighted by Crippen LogP contribution is 2.29. The van der Waals surface area contributed by atoms with Gasteiger partial charge in [-0.3, -0.25) is 18.7 Å². The van der Waals surface area contributed by atoms with Crippen LogP contribution >= 0.6 is 0 Å². The number of rotatable bonds is 6. The van der Waals surface area contributed by atoms with E-state index in [1.165, 1.54) is 16.7 Å². The van der Waals surface area contributed by atoms with Crippen LogP contribution in [0.2, 0.25) is 0 Å².